The Morgan fingerprint density at radius 3 is 1.73 bits per heavy atom. The summed E-state index contributed by atoms with van der Waals surface area (Å²) in [5.74, 6) is -0.416. The molecule has 0 bridgehead atoms. The molecule has 3 aromatic carbocycles. The largest absolute Gasteiger partial charge is 0.363 e. The lowest BCUT2D eigenvalue weighted by Crippen LogP contribution is -2.58. The Morgan fingerprint density at radius 1 is 0.688 bits per heavy atom. The van der Waals surface area contributed by atoms with Gasteiger partial charge < -0.3 is 25.8 Å². The van der Waals surface area contributed by atoms with E-state index in [1.807, 2.05) is 63.8 Å². The normalized spacial score (nSPS) is 14.8. The molecule has 1 heterocycles. The Labute approximate surface area is 287 Å². The maximum absolute atomic E-state index is 13.8. The van der Waals surface area contributed by atoms with Crippen molar-refractivity contribution >= 4 is 23.5 Å². The standard InChI is InChI=1S/C40H55N5O3/c1-30(2)26-35(42-39(48)44-24-14-6-7-15-25-44)37(46)41-36(38(47)43-40(3,4)5)27-31-20-22-34(23-21-31)45(28-32-16-10-8-11-17-32)29-33-18-12-9-13-19-33/h8-13,16-23,30,35-36H,6-7,14-15,24-29H2,1-5H3,(H,41,46)(H,42,48)(H,43,47)/t35-,36-/m0/s1. The van der Waals surface area contributed by atoms with Crippen LogP contribution in [0.2, 0.25) is 0 Å². The van der Waals surface area contributed by atoms with Crippen LogP contribution >= 0.6 is 0 Å². The van der Waals surface area contributed by atoms with Crippen molar-refractivity contribution < 1.29 is 14.4 Å². The van der Waals surface area contributed by atoms with Gasteiger partial charge in [0.2, 0.25) is 11.8 Å². The summed E-state index contributed by atoms with van der Waals surface area (Å²) in [7, 11) is 0. The van der Waals surface area contributed by atoms with E-state index in [2.05, 4.69) is 81.5 Å². The topological polar surface area (TPSA) is 93.8 Å². The number of hydrogen-bond acceptors (Lipinski definition) is 4. The first-order valence-electron chi connectivity index (χ1n) is 17.6. The summed E-state index contributed by atoms with van der Waals surface area (Å²) in [4.78, 5) is 44.8. The molecule has 1 saturated heterocycles. The summed E-state index contributed by atoms with van der Waals surface area (Å²) in [5.41, 5.74) is 3.97. The van der Waals surface area contributed by atoms with Crippen LogP contribution in [0.5, 0.6) is 0 Å². The molecule has 258 valence electrons. The molecule has 0 spiro atoms. The molecule has 1 aliphatic heterocycles. The molecule has 0 aromatic heterocycles. The molecule has 4 amide bonds. The average Bonchev–Trinajstić information content (AvgIpc) is 3.34. The molecular formula is C40H55N5O3. The van der Waals surface area contributed by atoms with Crippen LogP contribution in [0.3, 0.4) is 0 Å². The second-order valence-corrected chi connectivity index (χ2v) is 14.5. The van der Waals surface area contributed by atoms with E-state index >= 15 is 0 Å². The Kier molecular flexibility index (Phi) is 13.5. The van der Waals surface area contributed by atoms with E-state index in [0.717, 1.165) is 50.0 Å². The molecule has 0 radical (unpaired) electrons. The lowest BCUT2D eigenvalue weighted by atomic mass is 10.00. The minimum Gasteiger partial charge on any atom is -0.363 e. The number of rotatable bonds is 13. The Balaban J connectivity index is 1.52. The first-order valence-corrected chi connectivity index (χ1v) is 17.6. The lowest BCUT2D eigenvalue weighted by molar-refractivity contribution is -0.130. The number of hydrogen-bond donors (Lipinski definition) is 3. The van der Waals surface area contributed by atoms with Crippen LogP contribution in [0.25, 0.3) is 0 Å². The fraction of sp³-hybridized carbons (Fsp3) is 0.475. The van der Waals surface area contributed by atoms with Gasteiger partial charge in [-0.2, -0.15) is 0 Å². The molecule has 48 heavy (non-hydrogen) atoms. The summed E-state index contributed by atoms with van der Waals surface area (Å²) in [6.45, 7) is 12.7. The number of likely N-dealkylation sites (tertiary alicyclic amines) is 1. The lowest BCUT2D eigenvalue weighted by Gasteiger charge is -2.29. The number of nitrogens with zero attached hydrogens (tertiary/aromatic N) is 2. The first-order chi connectivity index (χ1) is 23.0. The highest BCUT2D eigenvalue weighted by atomic mass is 16.2. The third kappa shape index (κ3) is 12.0. The van der Waals surface area contributed by atoms with Crippen LogP contribution in [-0.2, 0) is 29.1 Å². The van der Waals surface area contributed by atoms with Crippen molar-refractivity contribution in [3.8, 4) is 0 Å². The molecule has 0 aliphatic carbocycles. The van der Waals surface area contributed by atoms with Crippen molar-refractivity contribution in [1.82, 2.24) is 20.9 Å². The van der Waals surface area contributed by atoms with E-state index in [-0.39, 0.29) is 23.8 Å². The monoisotopic (exact) mass is 653 g/mol. The van der Waals surface area contributed by atoms with Crippen LogP contribution in [0, 0.1) is 5.92 Å². The Hall–Kier alpha value is -4.33. The Bertz CT molecular complexity index is 1390. The minimum atomic E-state index is -0.808. The van der Waals surface area contributed by atoms with Gasteiger partial charge in [-0.25, -0.2) is 4.79 Å². The number of benzene rings is 3. The third-order valence-electron chi connectivity index (χ3n) is 8.52. The summed E-state index contributed by atoms with van der Waals surface area (Å²) in [6, 6.07) is 27.3. The molecular weight excluding hydrogens is 598 g/mol. The van der Waals surface area contributed by atoms with Crippen molar-refractivity contribution in [2.24, 2.45) is 5.92 Å². The van der Waals surface area contributed by atoms with Gasteiger partial charge in [-0.05, 0) is 74.8 Å². The molecule has 1 fully saturated rings. The van der Waals surface area contributed by atoms with Gasteiger partial charge in [0, 0.05) is 43.8 Å². The third-order valence-corrected chi connectivity index (χ3v) is 8.52. The average molecular weight is 654 g/mol. The molecule has 8 nitrogen and oxygen atoms in total. The van der Waals surface area contributed by atoms with Gasteiger partial charge in [-0.1, -0.05) is 99.5 Å². The number of amides is 4. The fourth-order valence-corrected chi connectivity index (χ4v) is 6.08. The minimum absolute atomic E-state index is 0.175. The summed E-state index contributed by atoms with van der Waals surface area (Å²) in [6.07, 6.45) is 4.97. The highest BCUT2D eigenvalue weighted by Gasteiger charge is 2.30. The predicted octanol–water partition coefficient (Wildman–Crippen LogP) is 6.84. The van der Waals surface area contributed by atoms with Gasteiger partial charge in [-0.3, -0.25) is 9.59 Å². The zero-order valence-electron chi connectivity index (χ0n) is 29.5. The molecule has 1 aliphatic rings. The summed E-state index contributed by atoms with van der Waals surface area (Å²) >= 11 is 0. The number of nitrogens with one attached hydrogen (secondary N) is 3. The van der Waals surface area contributed by atoms with Crippen molar-refractivity contribution in [1.29, 1.82) is 0 Å². The second-order valence-electron chi connectivity index (χ2n) is 14.5. The quantitative estimate of drug-likeness (QED) is 0.188. The van der Waals surface area contributed by atoms with Gasteiger partial charge in [0.15, 0.2) is 0 Å². The molecule has 0 unspecified atom stereocenters. The maximum Gasteiger partial charge on any atom is 0.318 e. The summed E-state index contributed by atoms with van der Waals surface area (Å²) in [5, 5.41) is 9.07. The highest BCUT2D eigenvalue weighted by Crippen LogP contribution is 2.22. The van der Waals surface area contributed by atoms with Crippen molar-refractivity contribution in [3.05, 3.63) is 102 Å². The zero-order valence-corrected chi connectivity index (χ0v) is 29.5. The molecule has 3 aromatic rings. The molecule has 8 heteroatoms. The molecule has 3 N–H and O–H groups in total. The number of carbonyl (C=O) groups excluding carboxylic acids is 3. The van der Waals surface area contributed by atoms with Gasteiger partial charge in [-0.15, -0.1) is 0 Å². The molecule has 2 atom stereocenters. The number of anilines is 1. The van der Waals surface area contributed by atoms with E-state index in [4.69, 9.17) is 0 Å². The maximum atomic E-state index is 13.8. The van der Waals surface area contributed by atoms with Crippen molar-refractivity contribution in [2.75, 3.05) is 18.0 Å². The van der Waals surface area contributed by atoms with Gasteiger partial charge >= 0.3 is 6.03 Å². The van der Waals surface area contributed by atoms with E-state index in [1.165, 1.54) is 11.1 Å². The van der Waals surface area contributed by atoms with E-state index in [0.29, 0.717) is 25.9 Å². The SMILES string of the molecule is CC(C)C[C@H](NC(=O)N1CCCCCC1)C(=O)N[C@@H](Cc1ccc(N(Cc2ccccc2)Cc2ccccc2)cc1)C(=O)NC(C)(C)C. The second kappa shape index (κ2) is 17.7. The van der Waals surface area contributed by atoms with Crippen molar-refractivity contribution in [2.45, 2.75) is 104 Å². The van der Waals surface area contributed by atoms with Crippen LogP contribution in [0.4, 0.5) is 10.5 Å². The van der Waals surface area contributed by atoms with Crippen LogP contribution in [0.1, 0.15) is 83.4 Å². The smallest absolute Gasteiger partial charge is 0.318 e. The zero-order chi connectivity index (χ0) is 34.5. The van der Waals surface area contributed by atoms with Gasteiger partial charge in [0.1, 0.15) is 12.1 Å². The van der Waals surface area contributed by atoms with Crippen molar-refractivity contribution in [3.63, 3.8) is 0 Å². The Morgan fingerprint density at radius 2 is 1.23 bits per heavy atom. The summed E-state index contributed by atoms with van der Waals surface area (Å²) < 4.78 is 0. The predicted molar refractivity (Wildman–Crippen MR) is 195 cm³/mol. The van der Waals surface area contributed by atoms with Crippen LogP contribution in [-0.4, -0.2) is 53.5 Å². The fourth-order valence-electron chi connectivity index (χ4n) is 6.08. The highest BCUT2D eigenvalue weighted by molar-refractivity contribution is 5.92. The molecule has 4 rings (SSSR count). The van der Waals surface area contributed by atoms with Crippen LogP contribution < -0.4 is 20.9 Å². The van der Waals surface area contributed by atoms with E-state index in [9.17, 15) is 14.4 Å². The number of urea groups is 1. The van der Waals surface area contributed by atoms with Crippen LogP contribution in [0.15, 0.2) is 84.9 Å². The first kappa shape index (κ1) is 36.5. The number of carbonyl (C=O) groups is 3. The van der Waals surface area contributed by atoms with Gasteiger partial charge in [0.05, 0.1) is 0 Å². The molecule has 0 saturated carbocycles. The van der Waals surface area contributed by atoms with E-state index < -0.39 is 17.6 Å². The van der Waals surface area contributed by atoms with E-state index in [1.54, 1.807) is 0 Å². The van der Waals surface area contributed by atoms with Gasteiger partial charge in [0.25, 0.3) is 0 Å².